The maximum atomic E-state index is 12.1. The molecule has 0 radical (unpaired) electrons. The molecule has 3 aromatic heterocycles. The van der Waals surface area contributed by atoms with Crippen molar-refractivity contribution in [3.8, 4) is 34.0 Å². The number of aromatic hydroxyl groups is 2. The molecule has 3 N–H and O–H groups in total. The average molecular weight is 1000 g/mol. The number of hydrogen-bond acceptors (Lipinski definition) is 2. The normalized spacial score (nSPS) is 11.5. The molecule has 0 unspecified atom stereocenters. The zero-order valence-electron chi connectivity index (χ0n) is 36.4. The summed E-state index contributed by atoms with van der Waals surface area (Å²) < 4.78 is 21.9. The van der Waals surface area contributed by atoms with Crippen molar-refractivity contribution >= 4 is 65.6 Å². The minimum Gasteiger partial charge on any atom is -0.632 e. The summed E-state index contributed by atoms with van der Waals surface area (Å²) in [4.78, 5) is 0. The first-order chi connectivity index (χ1) is 30.4. The number of phenols is 1. The SMILES string of the molecule is Cc1cc(-c2ccccc2[OH+]CC[C-](C)C[c-]2oc3c(-n4c5ccccc5c5ccccc54)cc(C)cc3c3ccccc3[oH+]2)c(O)c(-n2c3ccccc3c3ccccc32)c1.[CH3-].[Hf]. The number of aryl methyl sites for hydroxylation is 2. The molecule has 316 valence electrons. The molecule has 7 heteroatoms. The molecule has 0 fully saturated rings. The van der Waals surface area contributed by atoms with Gasteiger partial charge in [-0.3, -0.25) is 0 Å². The molecule has 0 aliphatic heterocycles. The van der Waals surface area contributed by atoms with Crippen LogP contribution in [0.25, 0.3) is 88.1 Å². The molecular weight excluding hydrogens is 955 g/mol. The van der Waals surface area contributed by atoms with Crippen LogP contribution in [0.5, 0.6) is 11.5 Å². The van der Waals surface area contributed by atoms with Gasteiger partial charge in [0, 0.05) is 59.0 Å². The Balaban J connectivity index is 0.00000259. The maximum absolute atomic E-state index is 12.1. The Bertz CT molecular complexity index is 3450. The van der Waals surface area contributed by atoms with Crippen LogP contribution in [0.4, 0.5) is 0 Å². The maximum Gasteiger partial charge on any atom is 0.296 e. The van der Waals surface area contributed by atoms with E-state index in [2.05, 4.69) is 175 Å². The van der Waals surface area contributed by atoms with E-state index in [0.717, 1.165) is 101 Å². The Morgan fingerprint density at radius 2 is 1.06 bits per heavy atom. The van der Waals surface area contributed by atoms with Gasteiger partial charge in [0.25, 0.3) is 11.7 Å². The van der Waals surface area contributed by atoms with Crippen LogP contribution >= 0.6 is 0 Å². The van der Waals surface area contributed by atoms with Gasteiger partial charge in [0.2, 0.25) is 0 Å². The minimum atomic E-state index is 0. The summed E-state index contributed by atoms with van der Waals surface area (Å²) in [6, 6.07) is 59.0. The van der Waals surface area contributed by atoms with Crippen molar-refractivity contribution in [2.24, 2.45) is 0 Å². The number of aromatic nitrogens is 2. The van der Waals surface area contributed by atoms with Gasteiger partial charge in [0.15, 0.2) is 5.58 Å². The molecule has 0 aliphatic rings. The topological polar surface area (TPSA) is 68.8 Å². The average Bonchev–Trinajstić information content (AvgIpc) is 3.75. The van der Waals surface area contributed by atoms with E-state index in [1.807, 2.05) is 24.3 Å². The number of fused-ring (bicyclic) bond motifs is 9. The molecule has 64 heavy (non-hydrogen) atoms. The van der Waals surface area contributed by atoms with Crippen molar-refractivity contribution in [3.05, 3.63) is 200 Å². The molecule has 0 aliphatic carbocycles. The molecule has 6 nitrogen and oxygen atoms in total. The van der Waals surface area contributed by atoms with Crippen LogP contribution in [-0.2, 0) is 32.3 Å². The summed E-state index contributed by atoms with van der Waals surface area (Å²) >= 11 is 0. The van der Waals surface area contributed by atoms with Crippen LogP contribution < -0.4 is 0 Å². The van der Waals surface area contributed by atoms with E-state index in [1.165, 1.54) is 16.7 Å². The predicted molar refractivity (Wildman–Crippen MR) is 262 cm³/mol. The molecule has 3 heterocycles. The van der Waals surface area contributed by atoms with E-state index in [1.54, 1.807) is 0 Å². The summed E-state index contributed by atoms with van der Waals surface area (Å²) in [6.07, 6.45) is 1.30. The summed E-state index contributed by atoms with van der Waals surface area (Å²) in [5.74, 6) is 2.93. The van der Waals surface area contributed by atoms with Crippen molar-refractivity contribution in [2.45, 2.75) is 33.6 Å². The van der Waals surface area contributed by atoms with Crippen molar-refractivity contribution in [1.29, 1.82) is 0 Å². The van der Waals surface area contributed by atoms with E-state index in [4.69, 9.17) is 13.6 Å². The molecule has 0 bridgehead atoms. The van der Waals surface area contributed by atoms with Crippen molar-refractivity contribution in [1.82, 2.24) is 9.13 Å². The zero-order valence-corrected chi connectivity index (χ0v) is 40.0. The second kappa shape index (κ2) is 17.5. The second-order valence-electron chi connectivity index (χ2n) is 16.5. The number of benzene rings is 8. The summed E-state index contributed by atoms with van der Waals surface area (Å²) in [7, 11) is 0. The van der Waals surface area contributed by atoms with Gasteiger partial charge >= 0.3 is 0 Å². The number of phenolic OH excluding ortho intramolecular Hbond substituents is 1. The predicted octanol–water partition coefficient (Wildman–Crippen LogP) is 15.2. The Hall–Kier alpha value is -6.70. The Labute approximate surface area is 391 Å². The molecule has 8 aromatic carbocycles. The number of ether oxygens (including phenoxy) is 1. The number of para-hydroxylation sites is 6. The molecule has 0 saturated heterocycles. The van der Waals surface area contributed by atoms with Crippen LogP contribution in [0.3, 0.4) is 0 Å². The van der Waals surface area contributed by atoms with Crippen LogP contribution in [0.2, 0.25) is 0 Å². The Morgan fingerprint density at radius 1 is 0.578 bits per heavy atom. The van der Waals surface area contributed by atoms with Gasteiger partial charge in [-0.15, -0.1) is 0 Å². The van der Waals surface area contributed by atoms with E-state index < -0.39 is 0 Å². The smallest absolute Gasteiger partial charge is 0.296 e. The molecule has 0 atom stereocenters. The van der Waals surface area contributed by atoms with Crippen molar-refractivity contribution in [2.75, 3.05) is 6.61 Å². The van der Waals surface area contributed by atoms with Crippen LogP contribution in [0.1, 0.15) is 30.4 Å². The first-order valence-electron chi connectivity index (χ1n) is 21.3. The summed E-state index contributed by atoms with van der Waals surface area (Å²) in [6.45, 7) is 6.97. The zero-order chi connectivity index (χ0) is 41.9. The van der Waals surface area contributed by atoms with Gasteiger partial charge in [-0.2, -0.15) is 6.92 Å². The van der Waals surface area contributed by atoms with Crippen LogP contribution in [0.15, 0.2) is 179 Å². The molecule has 0 amide bonds. The summed E-state index contributed by atoms with van der Waals surface area (Å²) in [5, 5.41) is 18.9. The molecule has 11 aromatic rings. The Kier molecular flexibility index (Phi) is 11.6. The van der Waals surface area contributed by atoms with E-state index in [0.29, 0.717) is 19.0 Å². The van der Waals surface area contributed by atoms with Crippen molar-refractivity contribution < 1.29 is 44.5 Å². The van der Waals surface area contributed by atoms with Gasteiger partial charge in [0.05, 0.1) is 44.6 Å². The third-order valence-corrected chi connectivity index (χ3v) is 12.2. The molecule has 11 rings (SSSR count). The van der Waals surface area contributed by atoms with Gasteiger partial charge < -0.3 is 41.2 Å². The fourth-order valence-electron chi connectivity index (χ4n) is 9.43. The summed E-state index contributed by atoms with van der Waals surface area (Å²) in [5.41, 5.74) is 11.7. The van der Waals surface area contributed by atoms with Gasteiger partial charge in [-0.05, 0) is 78.7 Å². The first kappa shape index (κ1) is 42.6. The molecule has 0 spiro atoms. The third-order valence-electron chi connectivity index (χ3n) is 12.2. The van der Waals surface area contributed by atoms with Gasteiger partial charge in [-0.25, -0.2) is 0 Å². The number of aliphatic hydroxyl groups is 1. The molecule has 0 saturated carbocycles. The Morgan fingerprint density at radius 3 is 1.67 bits per heavy atom. The number of hydrogen-bond donors (Lipinski definition) is 1. The fraction of sp³-hybridized carbons (Fsp3) is 0.105. The van der Waals surface area contributed by atoms with Crippen LogP contribution in [-0.4, -0.2) is 25.6 Å². The minimum absolute atomic E-state index is 0. The second-order valence-corrected chi connectivity index (χ2v) is 16.5. The monoisotopic (exact) mass is 1010 g/mol. The van der Waals surface area contributed by atoms with E-state index in [9.17, 15) is 5.11 Å². The van der Waals surface area contributed by atoms with Gasteiger partial charge in [-0.1, -0.05) is 134 Å². The largest absolute Gasteiger partial charge is 0.632 e. The fourth-order valence-corrected chi connectivity index (χ4v) is 9.43. The quantitative estimate of drug-likeness (QED) is 0.0889. The van der Waals surface area contributed by atoms with Crippen LogP contribution in [0, 0.1) is 27.2 Å². The van der Waals surface area contributed by atoms with E-state index in [-0.39, 0.29) is 39.0 Å². The third kappa shape index (κ3) is 7.31. The number of nitrogens with zero attached hydrogens (tertiary/aromatic N) is 2. The first-order valence-corrected chi connectivity index (χ1v) is 21.3. The standard InChI is InChI=1S/C56H45N2O4.CH3.Hf/c1-35(28-29-60-52-26-14-8-20-42(52)44-30-36(2)32-50(55(44)59)57-46-22-10-4-16-38(46)39-17-5-11-23-47(39)57)34-54-61-53-27-15-9-21-43(53)45-31-37(3)33-51(56(45)62-54)58-48-24-12-6-18-40(48)41-19-7-13-25-49(41)58;;/h4-27,30-33,59,61H,28-29,34H2,1-3H3;1H3;/q2*-1;/p+1. The van der Waals surface area contributed by atoms with Gasteiger partial charge in [0.1, 0.15) is 12.4 Å². The van der Waals surface area contributed by atoms with E-state index >= 15 is 0 Å². The molecular formula is C57H49HfN2O4-. The van der Waals surface area contributed by atoms with Crippen molar-refractivity contribution in [3.63, 3.8) is 0 Å². The number of rotatable bonds is 9.